The van der Waals surface area contributed by atoms with Gasteiger partial charge in [-0.25, -0.2) is 4.58 Å². The number of nitrogens with one attached hydrogen (secondary N) is 1. The molecule has 0 saturated carbocycles. The van der Waals surface area contributed by atoms with Crippen LogP contribution in [0.25, 0.3) is 22.3 Å². The molecule has 0 aromatic heterocycles. The Morgan fingerprint density at radius 1 is 0.755 bits per heavy atom. The number of aliphatic carboxylic acids is 1. The molecule has 1 aliphatic carbocycles. The molecule has 49 heavy (non-hydrogen) atoms. The summed E-state index contributed by atoms with van der Waals surface area (Å²) >= 11 is 6.67. The monoisotopic (exact) mass is 695 g/mol. The van der Waals surface area contributed by atoms with Gasteiger partial charge in [0.1, 0.15) is 24.4 Å². The van der Waals surface area contributed by atoms with Gasteiger partial charge in [-0.15, -0.1) is 0 Å². The van der Waals surface area contributed by atoms with Crippen molar-refractivity contribution in [3.8, 4) is 11.3 Å². The molecular formula is C43H68ClN2O3+. The van der Waals surface area contributed by atoms with Crippen LogP contribution in [-0.2, 0) is 11.2 Å². The fourth-order valence-electron chi connectivity index (χ4n) is 7.16. The summed E-state index contributed by atoms with van der Waals surface area (Å²) in [5.41, 5.74) is 3.53. The smallest absolute Gasteiger partial charge is 0.306 e. The fraction of sp³-hybridized carbons (Fsp3) is 0.674. The first-order valence-corrected chi connectivity index (χ1v) is 20.5. The van der Waals surface area contributed by atoms with Crippen LogP contribution in [0, 0.1) is 5.92 Å². The number of hydrogen-bond acceptors (Lipinski definition) is 3. The summed E-state index contributed by atoms with van der Waals surface area (Å²) in [7, 11) is 1.85. The van der Waals surface area contributed by atoms with E-state index in [2.05, 4.69) is 48.9 Å². The number of carboxylic acid groups (broad SMARTS) is 1. The Morgan fingerprint density at radius 3 is 1.80 bits per heavy atom. The second-order valence-corrected chi connectivity index (χ2v) is 14.8. The zero-order valence-electron chi connectivity index (χ0n) is 31.5. The minimum Gasteiger partial charge on any atom is -0.481 e. The number of carbonyl (C=O) groups is 1. The van der Waals surface area contributed by atoms with E-state index in [1.54, 1.807) is 0 Å². The van der Waals surface area contributed by atoms with E-state index in [9.17, 15) is 9.90 Å². The molecule has 1 aromatic rings. The Bertz CT molecular complexity index is 1400. The molecule has 1 atom stereocenters. The van der Waals surface area contributed by atoms with Crippen molar-refractivity contribution in [1.82, 2.24) is 4.58 Å². The Kier molecular flexibility index (Phi) is 19.9. The van der Waals surface area contributed by atoms with Crippen molar-refractivity contribution in [3.63, 3.8) is 0 Å². The summed E-state index contributed by atoms with van der Waals surface area (Å²) in [6, 6.07) is 10.4. The molecule has 5 nitrogen and oxygen atoms in total. The third-order valence-electron chi connectivity index (χ3n) is 10.3. The maximum absolute atomic E-state index is 12.6. The number of carboxylic acids is 1. The highest BCUT2D eigenvalue weighted by molar-refractivity contribution is 6.34. The number of fused-ring (bicyclic) bond motifs is 2. The zero-order valence-corrected chi connectivity index (χ0v) is 32.3. The van der Waals surface area contributed by atoms with Crippen molar-refractivity contribution in [1.29, 1.82) is 0 Å². The van der Waals surface area contributed by atoms with Gasteiger partial charge in [0.05, 0.1) is 22.7 Å². The highest BCUT2D eigenvalue weighted by Gasteiger charge is 2.25. The predicted molar refractivity (Wildman–Crippen MR) is 211 cm³/mol. The Morgan fingerprint density at radius 2 is 1.29 bits per heavy atom. The fourth-order valence-corrected chi connectivity index (χ4v) is 7.41. The Balaban J connectivity index is 1.62. The van der Waals surface area contributed by atoms with Gasteiger partial charge in [0, 0.05) is 43.0 Å². The molecule has 1 heterocycles. The standard InChI is InChI=1S/C43H67ClN2O3/c1-5-8-11-12-13-14-15-16-17-18-19-20-21-22-23-24-25-34(43(47)48)30-37-36-27-26-35(46(28-9-6-2)29-10-7-3)31-41(36)49-42-33-40(45-4)39(44)32-38(37)42/h26-27,31-34H,5-25,28-30H2,1-4H3,(H,47,48)/p+1. The van der Waals surface area contributed by atoms with Crippen LogP contribution in [0.1, 0.15) is 161 Å². The van der Waals surface area contributed by atoms with E-state index in [0.717, 1.165) is 90.5 Å². The highest BCUT2D eigenvalue weighted by Crippen LogP contribution is 2.38. The number of rotatable bonds is 27. The van der Waals surface area contributed by atoms with Gasteiger partial charge in [0.15, 0.2) is 0 Å². The number of benzene rings is 2. The second kappa shape index (κ2) is 23.8. The molecule has 2 aliphatic rings. The lowest BCUT2D eigenvalue weighted by atomic mass is 9.88. The molecule has 1 unspecified atom stereocenters. The molecule has 6 heteroatoms. The number of unbranched alkanes of at least 4 members (excludes halogenated alkanes) is 17. The zero-order chi connectivity index (χ0) is 35.3. The molecule has 1 aliphatic heterocycles. The van der Waals surface area contributed by atoms with Gasteiger partial charge in [-0.2, -0.15) is 0 Å². The van der Waals surface area contributed by atoms with Crippen molar-refractivity contribution in [2.24, 2.45) is 5.92 Å². The Hall–Kier alpha value is -2.53. The SMILES string of the molecule is CCCCCCCCCCCCCCCCCCC(Cc1c2ccc(=[N+](CCCC)CCCC)cc-2oc2cc(NC)c(Cl)cc12)C(=O)O. The van der Waals surface area contributed by atoms with Crippen LogP contribution in [0.4, 0.5) is 5.69 Å². The average Bonchev–Trinajstić information content (AvgIpc) is 3.10. The molecule has 0 fully saturated rings. The third kappa shape index (κ3) is 14.0. The van der Waals surface area contributed by atoms with Crippen LogP contribution < -0.4 is 15.2 Å². The molecule has 1 aromatic carbocycles. The third-order valence-corrected chi connectivity index (χ3v) is 10.6. The van der Waals surface area contributed by atoms with E-state index in [-0.39, 0.29) is 0 Å². The summed E-state index contributed by atoms with van der Waals surface area (Å²) in [5.74, 6) is -0.370. The lowest BCUT2D eigenvalue weighted by Crippen LogP contribution is -2.32. The molecule has 3 rings (SSSR count). The molecule has 274 valence electrons. The largest absolute Gasteiger partial charge is 0.481 e. The molecule has 0 spiro atoms. The van der Waals surface area contributed by atoms with E-state index >= 15 is 0 Å². The molecule has 2 N–H and O–H groups in total. The molecular weight excluding hydrogens is 628 g/mol. The predicted octanol–water partition coefficient (Wildman–Crippen LogP) is 12.5. The minimum absolute atomic E-state index is 0.450. The van der Waals surface area contributed by atoms with E-state index in [4.69, 9.17) is 16.0 Å². The van der Waals surface area contributed by atoms with Crippen LogP contribution in [0.2, 0.25) is 5.02 Å². The topological polar surface area (TPSA) is 65.5 Å². The minimum atomic E-state index is -0.720. The number of anilines is 1. The lowest BCUT2D eigenvalue weighted by Gasteiger charge is -2.19. The van der Waals surface area contributed by atoms with Gasteiger partial charge < -0.3 is 14.8 Å². The van der Waals surface area contributed by atoms with Crippen LogP contribution in [0.5, 0.6) is 0 Å². The van der Waals surface area contributed by atoms with Crippen LogP contribution in [-0.4, -0.2) is 31.2 Å². The van der Waals surface area contributed by atoms with Crippen LogP contribution >= 0.6 is 11.6 Å². The summed E-state index contributed by atoms with van der Waals surface area (Å²) < 4.78 is 9.01. The first-order valence-electron chi connectivity index (χ1n) is 20.1. The number of hydrogen-bond donors (Lipinski definition) is 2. The van der Waals surface area contributed by atoms with Gasteiger partial charge in [-0.1, -0.05) is 148 Å². The van der Waals surface area contributed by atoms with Crippen molar-refractivity contribution in [2.75, 3.05) is 25.5 Å². The number of halogens is 1. The summed E-state index contributed by atoms with van der Waals surface area (Å²) in [4.78, 5) is 12.6. The summed E-state index contributed by atoms with van der Waals surface area (Å²) in [5, 5.41) is 16.2. The van der Waals surface area contributed by atoms with Crippen molar-refractivity contribution < 1.29 is 14.3 Å². The average molecular weight is 696 g/mol. The second-order valence-electron chi connectivity index (χ2n) is 14.4. The first kappa shape index (κ1) is 40.9. The van der Waals surface area contributed by atoms with Crippen molar-refractivity contribution in [2.45, 2.75) is 162 Å². The van der Waals surface area contributed by atoms with E-state index < -0.39 is 11.9 Å². The van der Waals surface area contributed by atoms with E-state index in [1.165, 1.54) is 89.9 Å². The first-order chi connectivity index (χ1) is 23.9. The van der Waals surface area contributed by atoms with Gasteiger partial charge in [-0.05, 0) is 30.5 Å². The maximum Gasteiger partial charge on any atom is 0.306 e. The molecule has 0 amide bonds. The molecule has 0 saturated heterocycles. The lowest BCUT2D eigenvalue weighted by molar-refractivity contribution is -0.142. The quantitative estimate of drug-likeness (QED) is 0.0473. The normalized spacial score (nSPS) is 12.2. The molecule has 0 bridgehead atoms. The van der Waals surface area contributed by atoms with Crippen LogP contribution in [0.3, 0.4) is 0 Å². The van der Waals surface area contributed by atoms with Gasteiger partial charge in [0.25, 0.3) is 0 Å². The van der Waals surface area contributed by atoms with Crippen molar-refractivity contribution >= 4 is 34.2 Å². The summed E-state index contributed by atoms with van der Waals surface area (Å²) in [6.07, 6.45) is 26.8. The summed E-state index contributed by atoms with van der Waals surface area (Å²) in [6.45, 7) is 8.78. The van der Waals surface area contributed by atoms with Gasteiger partial charge in [-0.3, -0.25) is 4.79 Å². The maximum atomic E-state index is 12.6. The number of nitrogens with zero attached hydrogens (tertiary/aromatic N) is 1. The molecule has 0 radical (unpaired) electrons. The van der Waals surface area contributed by atoms with Crippen LogP contribution in [0.15, 0.2) is 34.7 Å². The van der Waals surface area contributed by atoms with Gasteiger partial charge in [0.2, 0.25) is 5.36 Å². The van der Waals surface area contributed by atoms with E-state index in [1.807, 2.05) is 19.2 Å². The van der Waals surface area contributed by atoms with E-state index in [0.29, 0.717) is 17.9 Å². The highest BCUT2D eigenvalue weighted by atomic mass is 35.5. The Labute approximate surface area is 303 Å². The van der Waals surface area contributed by atoms with Crippen molar-refractivity contribution in [3.05, 3.63) is 46.3 Å². The van der Waals surface area contributed by atoms with Gasteiger partial charge >= 0.3 is 5.97 Å².